The van der Waals surface area contributed by atoms with Crippen molar-refractivity contribution in [1.29, 1.82) is 0 Å². The molecule has 1 saturated carbocycles. The molecule has 0 unspecified atom stereocenters. The Morgan fingerprint density at radius 2 is 1.09 bits per heavy atom. The highest BCUT2D eigenvalue weighted by molar-refractivity contribution is 5.15. The number of hydroxylamine groups is 4. The van der Waals surface area contributed by atoms with Crippen LogP contribution < -0.4 is 0 Å². The second kappa shape index (κ2) is 7.70. The second-order valence-corrected chi connectivity index (χ2v) is 6.23. The molecule has 0 aliphatic heterocycles. The summed E-state index contributed by atoms with van der Waals surface area (Å²) in [5.74, 6) is 0. The fourth-order valence-electron chi connectivity index (χ4n) is 3.39. The van der Waals surface area contributed by atoms with Gasteiger partial charge in [-0.1, -0.05) is 67.1 Å². The maximum absolute atomic E-state index is 10.5. The first-order chi connectivity index (χ1) is 11.2. The minimum absolute atomic E-state index is 0.0380. The van der Waals surface area contributed by atoms with Gasteiger partial charge in [-0.05, 0) is 24.0 Å². The Labute approximate surface area is 137 Å². The van der Waals surface area contributed by atoms with Crippen LogP contribution >= 0.6 is 0 Å². The van der Waals surface area contributed by atoms with Crippen molar-refractivity contribution in [2.75, 3.05) is 0 Å². The van der Waals surface area contributed by atoms with E-state index in [0.29, 0.717) is 13.1 Å². The van der Waals surface area contributed by atoms with Gasteiger partial charge in [0, 0.05) is 13.1 Å². The molecule has 2 aromatic carbocycles. The van der Waals surface area contributed by atoms with E-state index in [0.717, 1.165) is 30.4 Å². The van der Waals surface area contributed by atoms with Gasteiger partial charge >= 0.3 is 0 Å². The topological polar surface area (TPSA) is 46.9 Å². The Hall–Kier alpha value is -1.72. The first kappa shape index (κ1) is 16.1. The molecule has 1 aliphatic carbocycles. The molecule has 0 saturated heterocycles. The van der Waals surface area contributed by atoms with Gasteiger partial charge in [0.1, 0.15) is 0 Å². The lowest BCUT2D eigenvalue weighted by molar-refractivity contribution is -0.198. The molecular formula is C19H24N2O2. The van der Waals surface area contributed by atoms with Crippen molar-refractivity contribution in [1.82, 2.24) is 10.1 Å². The molecular weight excluding hydrogens is 288 g/mol. The van der Waals surface area contributed by atoms with Crippen molar-refractivity contribution in [3.05, 3.63) is 71.8 Å². The van der Waals surface area contributed by atoms with Gasteiger partial charge in [-0.15, -0.1) is 0 Å². The van der Waals surface area contributed by atoms with Gasteiger partial charge in [0.2, 0.25) is 0 Å². The highest BCUT2D eigenvalue weighted by Gasteiger charge is 2.35. The van der Waals surface area contributed by atoms with Crippen LogP contribution in [0.3, 0.4) is 0 Å². The van der Waals surface area contributed by atoms with E-state index in [1.807, 2.05) is 60.7 Å². The van der Waals surface area contributed by atoms with Crippen LogP contribution in [0.25, 0.3) is 0 Å². The van der Waals surface area contributed by atoms with Crippen LogP contribution in [0, 0.1) is 0 Å². The average molecular weight is 312 g/mol. The summed E-state index contributed by atoms with van der Waals surface area (Å²) >= 11 is 0. The van der Waals surface area contributed by atoms with E-state index in [9.17, 15) is 10.4 Å². The van der Waals surface area contributed by atoms with E-state index < -0.39 is 0 Å². The van der Waals surface area contributed by atoms with Crippen molar-refractivity contribution in [3.8, 4) is 0 Å². The largest absolute Gasteiger partial charge is 0.313 e. The van der Waals surface area contributed by atoms with Crippen molar-refractivity contribution in [2.24, 2.45) is 0 Å². The molecule has 0 aromatic heterocycles. The highest BCUT2D eigenvalue weighted by Crippen LogP contribution is 2.28. The third-order valence-corrected chi connectivity index (χ3v) is 4.58. The van der Waals surface area contributed by atoms with Crippen LogP contribution in [-0.2, 0) is 13.1 Å². The molecule has 3 rings (SSSR count). The Morgan fingerprint density at radius 1 is 0.696 bits per heavy atom. The summed E-state index contributed by atoms with van der Waals surface area (Å²) in [6.07, 6.45) is 2.83. The molecule has 122 valence electrons. The quantitative estimate of drug-likeness (QED) is 0.799. The molecule has 0 radical (unpaired) electrons. The van der Waals surface area contributed by atoms with Crippen molar-refractivity contribution in [3.63, 3.8) is 0 Å². The first-order valence-corrected chi connectivity index (χ1v) is 8.23. The number of hydrogen-bond donors (Lipinski definition) is 2. The van der Waals surface area contributed by atoms with E-state index in [2.05, 4.69) is 0 Å². The average Bonchev–Trinajstić information content (AvgIpc) is 3.06. The fraction of sp³-hybridized carbons (Fsp3) is 0.368. The molecule has 2 N–H and O–H groups in total. The molecule has 2 aromatic rings. The van der Waals surface area contributed by atoms with Crippen LogP contribution in [0.2, 0.25) is 0 Å². The predicted octanol–water partition coefficient (Wildman–Crippen LogP) is 3.69. The SMILES string of the molecule is ON(Cc1ccccc1)[C@@H]1CCC[C@@H]1N(O)Cc1ccccc1. The van der Waals surface area contributed by atoms with E-state index >= 15 is 0 Å². The Kier molecular flexibility index (Phi) is 5.41. The Morgan fingerprint density at radius 3 is 1.48 bits per heavy atom. The van der Waals surface area contributed by atoms with E-state index in [1.165, 1.54) is 10.1 Å². The molecule has 0 bridgehead atoms. The maximum atomic E-state index is 10.5. The zero-order chi connectivity index (χ0) is 16.1. The first-order valence-electron chi connectivity index (χ1n) is 8.23. The van der Waals surface area contributed by atoms with Crippen LogP contribution in [0.4, 0.5) is 0 Å². The van der Waals surface area contributed by atoms with Gasteiger partial charge in [0.15, 0.2) is 0 Å². The molecule has 0 spiro atoms. The van der Waals surface area contributed by atoms with Crippen LogP contribution in [0.1, 0.15) is 30.4 Å². The Bertz CT molecular complexity index is 537. The third kappa shape index (κ3) is 4.18. The maximum Gasteiger partial charge on any atom is 0.0532 e. The lowest BCUT2D eigenvalue weighted by atomic mass is 10.1. The molecule has 1 fully saturated rings. The molecule has 23 heavy (non-hydrogen) atoms. The molecule has 4 heteroatoms. The highest BCUT2D eigenvalue weighted by atomic mass is 16.5. The van der Waals surface area contributed by atoms with E-state index in [4.69, 9.17) is 0 Å². The molecule has 0 heterocycles. The number of nitrogens with zero attached hydrogens (tertiary/aromatic N) is 2. The molecule has 4 nitrogen and oxygen atoms in total. The minimum Gasteiger partial charge on any atom is -0.313 e. The standard InChI is InChI=1S/C19H24N2O2/c22-20(14-16-8-3-1-4-9-16)18-12-7-13-19(18)21(23)15-17-10-5-2-6-11-17/h1-6,8-11,18-19,22-23H,7,12-15H2/t18-,19+. The summed E-state index contributed by atoms with van der Waals surface area (Å²) in [5.41, 5.74) is 2.15. The van der Waals surface area contributed by atoms with Gasteiger partial charge in [-0.2, -0.15) is 10.1 Å². The number of benzene rings is 2. The van der Waals surface area contributed by atoms with Gasteiger partial charge in [-0.25, -0.2) is 0 Å². The van der Waals surface area contributed by atoms with Crippen LogP contribution in [0.5, 0.6) is 0 Å². The third-order valence-electron chi connectivity index (χ3n) is 4.58. The fourth-order valence-corrected chi connectivity index (χ4v) is 3.39. The lowest BCUT2D eigenvalue weighted by Gasteiger charge is -2.32. The lowest BCUT2D eigenvalue weighted by Crippen LogP contribution is -2.46. The summed E-state index contributed by atoms with van der Waals surface area (Å²) in [5, 5.41) is 23.7. The molecule has 2 atom stereocenters. The predicted molar refractivity (Wildman–Crippen MR) is 89.0 cm³/mol. The minimum atomic E-state index is -0.0380. The van der Waals surface area contributed by atoms with E-state index in [-0.39, 0.29) is 12.1 Å². The molecule has 0 amide bonds. The summed E-state index contributed by atoms with van der Waals surface area (Å²) in [6.45, 7) is 0.975. The zero-order valence-electron chi connectivity index (χ0n) is 13.3. The zero-order valence-corrected chi connectivity index (χ0v) is 13.3. The van der Waals surface area contributed by atoms with Crippen molar-refractivity contribution in [2.45, 2.75) is 44.4 Å². The van der Waals surface area contributed by atoms with Crippen molar-refractivity contribution >= 4 is 0 Å². The van der Waals surface area contributed by atoms with Crippen LogP contribution in [0.15, 0.2) is 60.7 Å². The normalized spacial score (nSPS) is 21.2. The number of hydrogen-bond acceptors (Lipinski definition) is 4. The second-order valence-electron chi connectivity index (χ2n) is 6.23. The summed E-state index contributed by atoms with van der Waals surface area (Å²) in [4.78, 5) is 0. The molecule has 1 aliphatic rings. The van der Waals surface area contributed by atoms with Crippen LogP contribution in [-0.4, -0.2) is 32.6 Å². The van der Waals surface area contributed by atoms with Gasteiger partial charge < -0.3 is 10.4 Å². The van der Waals surface area contributed by atoms with Gasteiger partial charge in [0.05, 0.1) is 12.1 Å². The summed E-state index contributed by atoms with van der Waals surface area (Å²) < 4.78 is 0. The Balaban J connectivity index is 1.62. The number of rotatable bonds is 6. The smallest absolute Gasteiger partial charge is 0.0532 e. The van der Waals surface area contributed by atoms with Gasteiger partial charge in [-0.3, -0.25) is 0 Å². The summed E-state index contributed by atoms with van der Waals surface area (Å²) in [6, 6.07) is 19.8. The van der Waals surface area contributed by atoms with Crippen molar-refractivity contribution < 1.29 is 10.4 Å². The van der Waals surface area contributed by atoms with E-state index in [1.54, 1.807) is 0 Å². The summed E-state index contributed by atoms with van der Waals surface area (Å²) in [7, 11) is 0. The monoisotopic (exact) mass is 312 g/mol. The van der Waals surface area contributed by atoms with Gasteiger partial charge in [0.25, 0.3) is 0 Å².